The van der Waals surface area contributed by atoms with Gasteiger partial charge in [-0.1, -0.05) is 12.1 Å². The predicted octanol–water partition coefficient (Wildman–Crippen LogP) is 3.33. The van der Waals surface area contributed by atoms with Gasteiger partial charge < -0.3 is 4.57 Å². The first kappa shape index (κ1) is 17.4. The SMILES string of the molecule is CCn1cc(CN(CCCn2ccnc2)Cc2cccc(F)c2)cn1. The Morgan fingerprint density at radius 2 is 2.08 bits per heavy atom. The van der Waals surface area contributed by atoms with Gasteiger partial charge >= 0.3 is 0 Å². The highest BCUT2D eigenvalue weighted by molar-refractivity contribution is 5.16. The Bertz CT molecular complexity index is 766. The summed E-state index contributed by atoms with van der Waals surface area (Å²) >= 11 is 0. The summed E-state index contributed by atoms with van der Waals surface area (Å²) in [6.07, 6.45) is 10.6. The molecule has 5 nitrogen and oxygen atoms in total. The maximum absolute atomic E-state index is 13.5. The van der Waals surface area contributed by atoms with Crippen LogP contribution in [0.4, 0.5) is 4.39 Å². The molecule has 132 valence electrons. The van der Waals surface area contributed by atoms with Crippen molar-refractivity contribution in [1.82, 2.24) is 24.2 Å². The lowest BCUT2D eigenvalue weighted by atomic mass is 10.2. The molecule has 0 N–H and O–H groups in total. The van der Waals surface area contributed by atoms with Gasteiger partial charge in [0.2, 0.25) is 0 Å². The van der Waals surface area contributed by atoms with E-state index in [2.05, 4.69) is 32.7 Å². The summed E-state index contributed by atoms with van der Waals surface area (Å²) in [7, 11) is 0. The zero-order valence-corrected chi connectivity index (χ0v) is 14.6. The number of halogens is 1. The molecule has 0 aliphatic heterocycles. The summed E-state index contributed by atoms with van der Waals surface area (Å²) < 4.78 is 17.5. The lowest BCUT2D eigenvalue weighted by Crippen LogP contribution is -2.24. The highest BCUT2D eigenvalue weighted by atomic mass is 19.1. The van der Waals surface area contributed by atoms with E-state index in [0.29, 0.717) is 0 Å². The summed E-state index contributed by atoms with van der Waals surface area (Å²) in [4.78, 5) is 6.41. The molecule has 0 bridgehead atoms. The van der Waals surface area contributed by atoms with E-state index < -0.39 is 0 Å². The fourth-order valence-electron chi connectivity index (χ4n) is 2.92. The number of aromatic nitrogens is 4. The lowest BCUT2D eigenvalue weighted by Gasteiger charge is -2.22. The Kier molecular flexibility index (Phi) is 5.95. The van der Waals surface area contributed by atoms with Crippen molar-refractivity contribution in [3.05, 3.63) is 72.3 Å². The molecule has 1 aromatic carbocycles. The molecule has 0 saturated carbocycles. The maximum atomic E-state index is 13.5. The number of benzene rings is 1. The number of nitrogens with zero attached hydrogens (tertiary/aromatic N) is 5. The molecule has 0 radical (unpaired) electrons. The molecule has 6 heteroatoms. The molecule has 0 amide bonds. The molecular formula is C19H24FN5. The maximum Gasteiger partial charge on any atom is 0.123 e. The number of imidazole rings is 1. The summed E-state index contributed by atoms with van der Waals surface area (Å²) in [5.41, 5.74) is 2.17. The van der Waals surface area contributed by atoms with Crippen LogP contribution in [0.3, 0.4) is 0 Å². The Morgan fingerprint density at radius 3 is 2.80 bits per heavy atom. The van der Waals surface area contributed by atoms with E-state index in [1.807, 2.05) is 29.5 Å². The average Bonchev–Trinajstić information content (AvgIpc) is 3.26. The molecule has 2 aromatic heterocycles. The minimum Gasteiger partial charge on any atom is -0.337 e. The van der Waals surface area contributed by atoms with Crippen LogP contribution in [0.1, 0.15) is 24.5 Å². The monoisotopic (exact) mass is 341 g/mol. The predicted molar refractivity (Wildman–Crippen MR) is 95.3 cm³/mol. The minimum atomic E-state index is -0.185. The number of rotatable bonds is 9. The lowest BCUT2D eigenvalue weighted by molar-refractivity contribution is 0.248. The Hall–Kier alpha value is -2.47. The number of aryl methyl sites for hydroxylation is 2. The molecular weight excluding hydrogens is 317 g/mol. The fourth-order valence-corrected chi connectivity index (χ4v) is 2.92. The Labute approximate surface area is 147 Å². The molecule has 0 spiro atoms. The van der Waals surface area contributed by atoms with E-state index in [9.17, 15) is 4.39 Å². The smallest absolute Gasteiger partial charge is 0.123 e. The molecule has 25 heavy (non-hydrogen) atoms. The topological polar surface area (TPSA) is 38.9 Å². The first-order chi connectivity index (χ1) is 12.2. The van der Waals surface area contributed by atoms with Crippen LogP contribution in [0.5, 0.6) is 0 Å². The van der Waals surface area contributed by atoms with E-state index in [1.165, 1.54) is 11.6 Å². The average molecular weight is 341 g/mol. The van der Waals surface area contributed by atoms with E-state index in [4.69, 9.17) is 0 Å². The van der Waals surface area contributed by atoms with Gasteiger partial charge in [-0.05, 0) is 31.0 Å². The molecule has 0 saturated heterocycles. The highest BCUT2D eigenvalue weighted by Gasteiger charge is 2.09. The summed E-state index contributed by atoms with van der Waals surface area (Å²) in [5.74, 6) is -0.185. The van der Waals surface area contributed by atoms with Crippen molar-refractivity contribution in [1.29, 1.82) is 0 Å². The van der Waals surface area contributed by atoms with Gasteiger partial charge in [-0.2, -0.15) is 5.10 Å². The van der Waals surface area contributed by atoms with Crippen molar-refractivity contribution in [2.75, 3.05) is 6.54 Å². The summed E-state index contributed by atoms with van der Waals surface area (Å²) in [6.45, 7) is 6.32. The van der Waals surface area contributed by atoms with Crippen molar-refractivity contribution >= 4 is 0 Å². The van der Waals surface area contributed by atoms with Gasteiger partial charge in [0.25, 0.3) is 0 Å². The number of hydrogen-bond donors (Lipinski definition) is 0. The van der Waals surface area contributed by atoms with Crippen LogP contribution in [-0.4, -0.2) is 30.8 Å². The molecule has 0 atom stereocenters. The third kappa shape index (κ3) is 5.26. The van der Waals surface area contributed by atoms with Crippen LogP contribution in [0.2, 0.25) is 0 Å². The second-order valence-corrected chi connectivity index (χ2v) is 6.20. The Morgan fingerprint density at radius 1 is 1.20 bits per heavy atom. The number of hydrogen-bond acceptors (Lipinski definition) is 3. The van der Waals surface area contributed by atoms with Gasteiger partial charge in [0.05, 0.1) is 12.5 Å². The van der Waals surface area contributed by atoms with E-state index in [-0.39, 0.29) is 5.82 Å². The first-order valence-electron chi connectivity index (χ1n) is 8.67. The van der Waals surface area contributed by atoms with Gasteiger partial charge in [0.15, 0.2) is 0 Å². The normalized spacial score (nSPS) is 11.3. The van der Waals surface area contributed by atoms with Crippen LogP contribution >= 0.6 is 0 Å². The van der Waals surface area contributed by atoms with Crippen molar-refractivity contribution in [2.24, 2.45) is 0 Å². The van der Waals surface area contributed by atoms with Crippen molar-refractivity contribution in [2.45, 2.75) is 39.5 Å². The van der Waals surface area contributed by atoms with Gasteiger partial charge in [0, 0.05) is 56.9 Å². The molecule has 0 aliphatic carbocycles. The van der Waals surface area contributed by atoms with Crippen LogP contribution < -0.4 is 0 Å². The highest BCUT2D eigenvalue weighted by Crippen LogP contribution is 2.12. The molecule has 3 aromatic rings. The molecule has 0 unspecified atom stereocenters. The first-order valence-corrected chi connectivity index (χ1v) is 8.67. The Balaban J connectivity index is 1.63. The summed E-state index contributed by atoms with van der Waals surface area (Å²) in [5, 5.41) is 4.35. The quantitative estimate of drug-likeness (QED) is 0.599. The zero-order chi connectivity index (χ0) is 17.5. The van der Waals surface area contributed by atoms with Crippen LogP contribution in [0, 0.1) is 5.82 Å². The molecule has 3 rings (SSSR count). The standard InChI is InChI=1S/C19H24FN5/c1-2-25-15-18(12-22-25)14-24(9-4-8-23-10-7-21-16-23)13-17-5-3-6-19(20)11-17/h3,5-7,10-12,15-16H,2,4,8-9,13-14H2,1H3. The second kappa shape index (κ2) is 8.58. The van der Waals surface area contributed by atoms with Crippen molar-refractivity contribution in [3.8, 4) is 0 Å². The van der Waals surface area contributed by atoms with Crippen molar-refractivity contribution in [3.63, 3.8) is 0 Å². The van der Waals surface area contributed by atoms with Gasteiger partial charge in [0.1, 0.15) is 5.82 Å². The second-order valence-electron chi connectivity index (χ2n) is 6.20. The van der Waals surface area contributed by atoms with E-state index in [1.54, 1.807) is 18.3 Å². The van der Waals surface area contributed by atoms with Crippen molar-refractivity contribution < 1.29 is 4.39 Å². The molecule has 2 heterocycles. The van der Waals surface area contributed by atoms with Gasteiger partial charge in [-0.3, -0.25) is 9.58 Å². The third-order valence-electron chi connectivity index (χ3n) is 4.16. The van der Waals surface area contributed by atoms with Crippen LogP contribution in [0.25, 0.3) is 0 Å². The van der Waals surface area contributed by atoms with E-state index >= 15 is 0 Å². The van der Waals surface area contributed by atoms with Crippen LogP contribution in [0.15, 0.2) is 55.4 Å². The third-order valence-corrected chi connectivity index (χ3v) is 4.16. The zero-order valence-electron chi connectivity index (χ0n) is 14.6. The fraction of sp³-hybridized carbons (Fsp3) is 0.368. The van der Waals surface area contributed by atoms with Gasteiger partial charge in [-0.15, -0.1) is 0 Å². The van der Waals surface area contributed by atoms with E-state index in [0.717, 1.165) is 44.7 Å². The molecule has 0 fully saturated rings. The molecule has 0 aliphatic rings. The minimum absolute atomic E-state index is 0.185. The largest absolute Gasteiger partial charge is 0.337 e. The summed E-state index contributed by atoms with van der Waals surface area (Å²) in [6, 6.07) is 6.83. The van der Waals surface area contributed by atoms with Gasteiger partial charge in [-0.25, -0.2) is 9.37 Å². The van der Waals surface area contributed by atoms with Crippen LogP contribution in [-0.2, 0) is 26.2 Å².